The van der Waals surface area contributed by atoms with E-state index in [1.165, 1.54) is 11.3 Å². The number of carbonyl (C=O) groups excluding carboxylic acids is 2. The van der Waals surface area contributed by atoms with Crippen molar-refractivity contribution in [2.75, 3.05) is 11.9 Å². The van der Waals surface area contributed by atoms with Crippen molar-refractivity contribution < 1.29 is 14.3 Å². The third-order valence-corrected chi connectivity index (χ3v) is 4.38. The van der Waals surface area contributed by atoms with Crippen LogP contribution in [-0.4, -0.2) is 39.1 Å². The van der Waals surface area contributed by atoms with Gasteiger partial charge in [-0.15, -0.1) is 21.5 Å². The first-order valence-corrected chi connectivity index (χ1v) is 7.38. The summed E-state index contributed by atoms with van der Waals surface area (Å²) in [7, 11) is 0. The standard InChI is InChI=1S/C12H13N5O3S/c1-2-20-12(19)8-6-4-3-5-7(6)21-11(8)13-10(18)9-14-16-17-15-9/h2-5H2,1H3,(H,13,18)(H,14,15,16,17). The first kappa shape index (κ1) is 13.7. The smallest absolute Gasteiger partial charge is 0.341 e. The summed E-state index contributed by atoms with van der Waals surface area (Å²) in [4.78, 5) is 25.3. The maximum Gasteiger partial charge on any atom is 0.341 e. The van der Waals surface area contributed by atoms with E-state index in [0.29, 0.717) is 17.2 Å². The van der Waals surface area contributed by atoms with Gasteiger partial charge >= 0.3 is 5.97 Å². The van der Waals surface area contributed by atoms with Crippen molar-refractivity contribution >= 4 is 28.2 Å². The number of hydrogen-bond acceptors (Lipinski definition) is 7. The molecule has 0 aromatic carbocycles. The highest BCUT2D eigenvalue weighted by Gasteiger charge is 2.28. The van der Waals surface area contributed by atoms with Crippen molar-refractivity contribution in [2.45, 2.75) is 26.2 Å². The lowest BCUT2D eigenvalue weighted by molar-refractivity contribution is 0.0527. The van der Waals surface area contributed by atoms with E-state index in [0.717, 1.165) is 29.7 Å². The summed E-state index contributed by atoms with van der Waals surface area (Å²) < 4.78 is 5.09. The first-order valence-electron chi connectivity index (χ1n) is 6.57. The molecule has 2 aromatic rings. The Morgan fingerprint density at radius 1 is 1.43 bits per heavy atom. The number of nitrogens with one attached hydrogen (secondary N) is 2. The second-order valence-electron chi connectivity index (χ2n) is 4.47. The average Bonchev–Trinajstić information content (AvgIpc) is 3.14. The third kappa shape index (κ3) is 2.51. The van der Waals surface area contributed by atoms with Gasteiger partial charge in [-0.2, -0.15) is 5.21 Å². The number of hydrogen-bond donors (Lipinski definition) is 2. The highest BCUT2D eigenvalue weighted by Crippen LogP contribution is 2.39. The summed E-state index contributed by atoms with van der Waals surface area (Å²) in [5.41, 5.74) is 1.45. The highest BCUT2D eigenvalue weighted by atomic mass is 32.1. The van der Waals surface area contributed by atoms with Crippen LogP contribution in [0.15, 0.2) is 0 Å². The van der Waals surface area contributed by atoms with E-state index in [9.17, 15) is 9.59 Å². The van der Waals surface area contributed by atoms with Crippen LogP contribution < -0.4 is 5.32 Å². The Bertz CT molecular complexity index is 679. The Labute approximate surface area is 123 Å². The fourth-order valence-corrected chi connectivity index (χ4v) is 3.60. The SMILES string of the molecule is CCOC(=O)c1c(NC(=O)c2nn[nH]n2)sc2c1CCC2. The molecule has 0 saturated heterocycles. The average molecular weight is 307 g/mol. The number of amides is 1. The summed E-state index contributed by atoms with van der Waals surface area (Å²) >= 11 is 1.41. The fourth-order valence-electron chi connectivity index (χ4n) is 2.33. The highest BCUT2D eigenvalue weighted by molar-refractivity contribution is 7.17. The van der Waals surface area contributed by atoms with E-state index in [1.807, 2.05) is 0 Å². The van der Waals surface area contributed by atoms with E-state index in [-0.39, 0.29) is 5.82 Å². The Morgan fingerprint density at radius 3 is 3.00 bits per heavy atom. The summed E-state index contributed by atoms with van der Waals surface area (Å²) in [5.74, 6) is -0.979. The number of esters is 1. The predicted molar refractivity (Wildman–Crippen MR) is 74.4 cm³/mol. The van der Waals surface area contributed by atoms with Crippen LogP contribution in [0.5, 0.6) is 0 Å². The van der Waals surface area contributed by atoms with Crippen LogP contribution in [0.3, 0.4) is 0 Å². The van der Waals surface area contributed by atoms with Crippen LogP contribution in [0.2, 0.25) is 0 Å². The van der Waals surface area contributed by atoms with Crippen LogP contribution >= 0.6 is 11.3 Å². The Balaban J connectivity index is 1.91. The number of fused-ring (bicyclic) bond motifs is 1. The number of anilines is 1. The molecule has 0 aliphatic heterocycles. The van der Waals surface area contributed by atoms with Crippen LogP contribution in [0, 0.1) is 0 Å². The molecule has 2 aromatic heterocycles. The van der Waals surface area contributed by atoms with Crippen molar-refractivity contribution in [3.63, 3.8) is 0 Å². The van der Waals surface area contributed by atoms with Crippen molar-refractivity contribution in [1.29, 1.82) is 0 Å². The van der Waals surface area contributed by atoms with Gasteiger partial charge in [0.2, 0.25) is 0 Å². The molecule has 1 aliphatic carbocycles. The molecule has 0 bridgehead atoms. The summed E-state index contributed by atoms with van der Waals surface area (Å²) in [6.07, 6.45) is 2.77. The molecule has 110 valence electrons. The van der Waals surface area contributed by atoms with Gasteiger partial charge in [-0.05, 0) is 37.0 Å². The summed E-state index contributed by atoms with van der Waals surface area (Å²) in [6.45, 7) is 2.05. The van der Waals surface area contributed by atoms with Gasteiger partial charge in [0, 0.05) is 4.88 Å². The number of tetrazole rings is 1. The van der Waals surface area contributed by atoms with E-state index >= 15 is 0 Å². The number of nitrogens with zero attached hydrogens (tertiary/aromatic N) is 3. The quantitative estimate of drug-likeness (QED) is 0.821. The van der Waals surface area contributed by atoms with Crippen LogP contribution in [-0.2, 0) is 17.6 Å². The zero-order chi connectivity index (χ0) is 14.8. The number of carbonyl (C=O) groups is 2. The Hall–Kier alpha value is -2.29. The predicted octanol–water partition coefficient (Wildman–Crippen LogP) is 1.18. The lowest BCUT2D eigenvalue weighted by Crippen LogP contribution is -2.16. The third-order valence-electron chi connectivity index (χ3n) is 3.18. The second kappa shape index (κ2) is 5.60. The van der Waals surface area contributed by atoms with E-state index < -0.39 is 11.9 Å². The molecule has 0 unspecified atom stereocenters. The van der Waals surface area contributed by atoms with Crippen LogP contribution in [0.25, 0.3) is 0 Å². The number of H-pyrrole nitrogens is 1. The first-order chi connectivity index (χ1) is 10.2. The Morgan fingerprint density at radius 2 is 2.29 bits per heavy atom. The molecule has 0 fully saturated rings. The number of thiophene rings is 1. The topological polar surface area (TPSA) is 110 Å². The molecule has 2 heterocycles. The minimum Gasteiger partial charge on any atom is -0.462 e. The molecule has 1 amide bonds. The number of aromatic nitrogens is 4. The fraction of sp³-hybridized carbons (Fsp3) is 0.417. The molecule has 2 N–H and O–H groups in total. The minimum absolute atomic E-state index is 0.0710. The normalized spacial score (nSPS) is 13.0. The minimum atomic E-state index is -0.505. The molecule has 3 rings (SSSR count). The van der Waals surface area contributed by atoms with Crippen molar-refractivity contribution in [1.82, 2.24) is 20.6 Å². The number of aromatic amines is 1. The van der Waals surface area contributed by atoms with Crippen molar-refractivity contribution in [2.24, 2.45) is 0 Å². The zero-order valence-electron chi connectivity index (χ0n) is 11.3. The van der Waals surface area contributed by atoms with Crippen molar-refractivity contribution in [3.8, 4) is 0 Å². The van der Waals surface area contributed by atoms with Crippen molar-refractivity contribution in [3.05, 3.63) is 21.8 Å². The molecule has 0 radical (unpaired) electrons. The van der Waals surface area contributed by atoms with Gasteiger partial charge in [0.05, 0.1) is 12.2 Å². The number of rotatable bonds is 4. The van der Waals surface area contributed by atoms with Gasteiger partial charge in [-0.25, -0.2) is 4.79 Å². The lowest BCUT2D eigenvalue weighted by Gasteiger charge is -2.06. The van der Waals surface area contributed by atoms with Gasteiger partial charge in [0.15, 0.2) is 0 Å². The largest absolute Gasteiger partial charge is 0.462 e. The molecule has 0 spiro atoms. The molecular weight excluding hydrogens is 294 g/mol. The molecule has 9 heteroatoms. The second-order valence-corrected chi connectivity index (χ2v) is 5.58. The molecular formula is C12H13N5O3S. The maximum atomic E-state index is 12.1. The Kier molecular flexibility index (Phi) is 3.65. The number of aryl methyl sites for hydroxylation is 1. The van der Waals surface area contributed by atoms with Gasteiger partial charge in [-0.1, -0.05) is 0 Å². The van der Waals surface area contributed by atoms with E-state index in [4.69, 9.17) is 4.74 Å². The van der Waals surface area contributed by atoms with Gasteiger partial charge < -0.3 is 10.1 Å². The molecule has 8 nitrogen and oxygen atoms in total. The lowest BCUT2D eigenvalue weighted by atomic mass is 10.1. The summed E-state index contributed by atoms with van der Waals surface area (Å²) in [6, 6.07) is 0. The van der Waals surface area contributed by atoms with Crippen LogP contribution in [0.1, 0.15) is 44.8 Å². The van der Waals surface area contributed by atoms with Crippen LogP contribution in [0.4, 0.5) is 5.00 Å². The maximum absolute atomic E-state index is 12.1. The monoisotopic (exact) mass is 307 g/mol. The van der Waals surface area contributed by atoms with E-state index in [2.05, 4.69) is 25.9 Å². The number of ether oxygens (including phenoxy) is 1. The van der Waals surface area contributed by atoms with Gasteiger partial charge in [-0.3, -0.25) is 4.79 Å². The summed E-state index contributed by atoms with van der Waals surface area (Å²) in [5, 5.41) is 16.0. The molecule has 21 heavy (non-hydrogen) atoms. The van der Waals surface area contributed by atoms with Gasteiger partial charge in [0.25, 0.3) is 11.7 Å². The molecule has 0 atom stereocenters. The zero-order valence-corrected chi connectivity index (χ0v) is 12.1. The molecule has 0 saturated carbocycles. The van der Waals surface area contributed by atoms with Gasteiger partial charge in [0.1, 0.15) is 5.00 Å². The molecule has 1 aliphatic rings. The van der Waals surface area contributed by atoms with E-state index in [1.54, 1.807) is 6.92 Å².